The predicted octanol–water partition coefficient (Wildman–Crippen LogP) is 5.79. The summed E-state index contributed by atoms with van der Waals surface area (Å²) in [7, 11) is 0. The van der Waals surface area contributed by atoms with E-state index >= 15 is 0 Å². The highest BCUT2D eigenvalue weighted by Crippen LogP contribution is 2.33. The molecule has 10 heteroatoms. The highest BCUT2D eigenvalue weighted by atomic mass is 35.5. The SMILES string of the molecule is O=C(NC(=S)Nc1cc(C(F)(F)F)ccc1Cl)c1cc(Cl)cc(Cl)c1. The van der Waals surface area contributed by atoms with Gasteiger partial charge >= 0.3 is 6.18 Å². The minimum atomic E-state index is -4.54. The van der Waals surface area contributed by atoms with E-state index in [1.807, 2.05) is 0 Å². The Morgan fingerprint density at radius 2 is 1.60 bits per heavy atom. The molecule has 2 aromatic rings. The fourth-order valence-electron chi connectivity index (χ4n) is 1.81. The molecule has 0 atom stereocenters. The lowest BCUT2D eigenvalue weighted by Crippen LogP contribution is -2.34. The first-order valence-electron chi connectivity index (χ1n) is 6.51. The van der Waals surface area contributed by atoms with Crippen molar-refractivity contribution in [1.29, 1.82) is 0 Å². The Hall–Kier alpha value is -1.54. The van der Waals surface area contributed by atoms with E-state index in [0.29, 0.717) is 0 Å². The minimum absolute atomic E-state index is 0.00963. The first-order chi connectivity index (χ1) is 11.6. The molecule has 1 amide bonds. The summed E-state index contributed by atoms with van der Waals surface area (Å²) in [5.41, 5.74) is -0.863. The van der Waals surface area contributed by atoms with E-state index in [0.717, 1.165) is 18.2 Å². The summed E-state index contributed by atoms with van der Waals surface area (Å²) < 4.78 is 38.2. The van der Waals surface area contributed by atoms with Gasteiger partial charge in [0.1, 0.15) is 0 Å². The summed E-state index contributed by atoms with van der Waals surface area (Å²) in [6, 6.07) is 6.87. The highest BCUT2D eigenvalue weighted by Gasteiger charge is 2.31. The van der Waals surface area contributed by atoms with E-state index in [4.69, 9.17) is 47.0 Å². The molecule has 0 spiro atoms. The minimum Gasteiger partial charge on any atom is -0.331 e. The molecular weight excluding hydrogens is 420 g/mol. The van der Waals surface area contributed by atoms with Crippen LogP contribution < -0.4 is 10.6 Å². The summed E-state index contributed by atoms with van der Waals surface area (Å²) in [6.45, 7) is 0. The number of hydrogen-bond acceptors (Lipinski definition) is 2. The number of rotatable bonds is 2. The topological polar surface area (TPSA) is 41.1 Å². The molecule has 0 unspecified atom stereocenters. The van der Waals surface area contributed by atoms with Crippen LogP contribution in [-0.2, 0) is 6.18 Å². The van der Waals surface area contributed by atoms with E-state index in [-0.39, 0.29) is 31.4 Å². The third-order valence-corrected chi connectivity index (χ3v) is 3.86. The van der Waals surface area contributed by atoms with Gasteiger partial charge in [0.25, 0.3) is 5.91 Å². The van der Waals surface area contributed by atoms with Gasteiger partial charge in [0.05, 0.1) is 16.3 Å². The lowest BCUT2D eigenvalue weighted by atomic mass is 10.2. The summed E-state index contributed by atoms with van der Waals surface area (Å²) in [5, 5.41) is 5.03. The zero-order chi connectivity index (χ0) is 18.8. The second kappa shape index (κ2) is 7.78. The number of carbonyl (C=O) groups is 1. The van der Waals surface area contributed by atoms with Crippen molar-refractivity contribution in [2.45, 2.75) is 6.18 Å². The molecule has 2 aromatic carbocycles. The number of carbonyl (C=O) groups excluding carboxylic acids is 1. The lowest BCUT2D eigenvalue weighted by molar-refractivity contribution is -0.137. The van der Waals surface area contributed by atoms with Crippen LogP contribution in [-0.4, -0.2) is 11.0 Å². The maximum atomic E-state index is 12.7. The van der Waals surface area contributed by atoms with E-state index in [1.54, 1.807) is 0 Å². The summed E-state index contributed by atoms with van der Waals surface area (Å²) in [6.07, 6.45) is -4.54. The molecule has 2 rings (SSSR count). The maximum absolute atomic E-state index is 12.7. The molecule has 0 aliphatic carbocycles. The van der Waals surface area contributed by atoms with Crippen molar-refractivity contribution in [2.75, 3.05) is 5.32 Å². The van der Waals surface area contributed by atoms with Crippen LogP contribution in [0.1, 0.15) is 15.9 Å². The van der Waals surface area contributed by atoms with Crippen LogP contribution in [0.15, 0.2) is 36.4 Å². The van der Waals surface area contributed by atoms with Crippen molar-refractivity contribution in [3.8, 4) is 0 Å². The molecule has 132 valence electrons. The van der Waals surface area contributed by atoms with Gasteiger partial charge in [-0.2, -0.15) is 13.2 Å². The molecule has 0 fully saturated rings. The normalized spacial score (nSPS) is 11.1. The fourth-order valence-corrected chi connectivity index (χ4v) is 2.70. The number of alkyl halides is 3. The highest BCUT2D eigenvalue weighted by molar-refractivity contribution is 7.80. The van der Waals surface area contributed by atoms with E-state index in [2.05, 4.69) is 10.6 Å². The largest absolute Gasteiger partial charge is 0.416 e. The van der Waals surface area contributed by atoms with Gasteiger partial charge in [0, 0.05) is 15.6 Å². The molecule has 0 radical (unpaired) electrons. The number of anilines is 1. The third kappa shape index (κ3) is 5.47. The van der Waals surface area contributed by atoms with E-state index in [1.165, 1.54) is 18.2 Å². The van der Waals surface area contributed by atoms with Gasteiger partial charge in [-0.15, -0.1) is 0 Å². The van der Waals surface area contributed by atoms with Crippen LogP contribution >= 0.6 is 47.0 Å². The van der Waals surface area contributed by atoms with Crippen molar-refractivity contribution in [3.05, 3.63) is 62.6 Å². The standard InChI is InChI=1S/C15H8Cl3F3N2OS/c16-9-3-7(4-10(17)6-9)13(24)23-14(25)22-12-5-8(15(19,20)21)1-2-11(12)18/h1-6H,(H2,22,23,24,25). The van der Waals surface area contributed by atoms with Gasteiger partial charge in [-0.05, 0) is 48.6 Å². The van der Waals surface area contributed by atoms with Gasteiger partial charge in [-0.3, -0.25) is 10.1 Å². The van der Waals surface area contributed by atoms with E-state index in [9.17, 15) is 18.0 Å². The Balaban J connectivity index is 2.13. The molecule has 0 aliphatic heterocycles. The summed E-state index contributed by atoms with van der Waals surface area (Å²) in [5.74, 6) is -0.634. The molecule has 0 aliphatic rings. The zero-order valence-electron chi connectivity index (χ0n) is 12.0. The number of amides is 1. The monoisotopic (exact) mass is 426 g/mol. The molecule has 3 nitrogen and oxygen atoms in total. The van der Waals surface area contributed by atoms with Crippen molar-refractivity contribution in [3.63, 3.8) is 0 Å². The maximum Gasteiger partial charge on any atom is 0.416 e. The summed E-state index contributed by atoms with van der Waals surface area (Å²) >= 11 is 22.4. The number of thiocarbonyl (C=S) groups is 1. The van der Waals surface area contributed by atoms with Crippen LogP contribution in [0.25, 0.3) is 0 Å². The smallest absolute Gasteiger partial charge is 0.331 e. The molecular formula is C15H8Cl3F3N2OS. The van der Waals surface area contributed by atoms with Crippen molar-refractivity contribution < 1.29 is 18.0 Å². The number of hydrogen-bond donors (Lipinski definition) is 2. The molecule has 0 heterocycles. The lowest BCUT2D eigenvalue weighted by Gasteiger charge is -2.13. The Morgan fingerprint density at radius 1 is 1.00 bits per heavy atom. The molecule has 0 bridgehead atoms. The van der Waals surface area contributed by atoms with E-state index < -0.39 is 17.6 Å². The summed E-state index contributed by atoms with van der Waals surface area (Å²) in [4.78, 5) is 12.1. The number of nitrogens with one attached hydrogen (secondary N) is 2. The van der Waals surface area contributed by atoms with Crippen LogP contribution in [0.3, 0.4) is 0 Å². The molecule has 0 saturated carbocycles. The fraction of sp³-hybridized carbons (Fsp3) is 0.0667. The van der Waals surface area contributed by atoms with Gasteiger partial charge < -0.3 is 5.32 Å². The second-order valence-electron chi connectivity index (χ2n) is 4.76. The van der Waals surface area contributed by atoms with Gasteiger partial charge in [-0.25, -0.2) is 0 Å². The van der Waals surface area contributed by atoms with Crippen molar-refractivity contribution in [1.82, 2.24) is 5.32 Å². The zero-order valence-corrected chi connectivity index (χ0v) is 15.1. The molecule has 0 saturated heterocycles. The van der Waals surface area contributed by atoms with Crippen LogP contribution in [0.5, 0.6) is 0 Å². The van der Waals surface area contributed by atoms with Gasteiger partial charge in [0.2, 0.25) is 0 Å². The Kier molecular flexibility index (Phi) is 6.16. The Labute approximate surface area is 161 Å². The van der Waals surface area contributed by atoms with Gasteiger partial charge in [0.15, 0.2) is 5.11 Å². The average molecular weight is 428 g/mol. The van der Waals surface area contributed by atoms with Crippen LogP contribution in [0.2, 0.25) is 15.1 Å². The van der Waals surface area contributed by atoms with Crippen molar-refractivity contribution in [2.24, 2.45) is 0 Å². The van der Waals surface area contributed by atoms with Crippen molar-refractivity contribution >= 4 is 63.7 Å². The molecule has 2 N–H and O–H groups in total. The first-order valence-corrected chi connectivity index (χ1v) is 8.05. The molecule has 0 aromatic heterocycles. The number of benzene rings is 2. The van der Waals surface area contributed by atoms with Gasteiger partial charge in [-0.1, -0.05) is 34.8 Å². The Bertz CT molecular complexity index is 823. The van der Waals surface area contributed by atoms with Crippen LogP contribution in [0.4, 0.5) is 18.9 Å². The Morgan fingerprint density at radius 3 is 2.16 bits per heavy atom. The number of halogens is 6. The quantitative estimate of drug-likeness (QED) is 0.596. The third-order valence-electron chi connectivity index (χ3n) is 2.89. The second-order valence-corrected chi connectivity index (χ2v) is 6.45. The van der Waals surface area contributed by atoms with Crippen LogP contribution in [0, 0.1) is 0 Å². The molecule has 25 heavy (non-hydrogen) atoms. The first kappa shape index (κ1) is 19.8. The predicted molar refractivity (Wildman–Crippen MR) is 96.6 cm³/mol. The average Bonchev–Trinajstić information content (AvgIpc) is 2.47.